The van der Waals surface area contributed by atoms with Gasteiger partial charge >= 0.3 is 5.97 Å². The van der Waals surface area contributed by atoms with E-state index in [2.05, 4.69) is 25.9 Å². The van der Waals surface area contributed by atoms with Gasteiger partial charge in [-0.3, -0.25) is 19.2 Å². The summed E-state index contributed by atoms with van der Waals surface area (Å²) in [5, 5.41) is 65.6. The lowest BCUT2D eigenvalue weighted by Gasteiger charge is -2.33. The molecule has 0 fully saturated rings. The number of nitrogens with zero attached hydrogens (tertiary/aromatic N) is 3. The zero-order valence-electron chi connectivity index (χ0n) is 41.0. The van der Waals surface area contributed by atoms with Crippen molar-refractivity contribution in [2.45, 2.75) is 89.4 Å². The molecule has 1 aliphatic rings. The molecule has 0 radical (unpaired) electrons. The van der Waals surface area contributed by atoms with Gasteiger partial charge in [0.25, 0.3) is 16.1 Å². The van der Waals surface area contributed by atoms with Crippen molar-refractivity contribution < 1.29 is 67.4 Å². The molecular weight excluding hydrogens is 975 g/mol. The van der Waals surface area contributed by atoms with Crippen LogP contribution in [0.3, 0.4) is 0 Å². The largest absolute Gasteiger partial charge is 0.504 e. The molecule has 0 aliphatic carbocycles. The Morgan fingerprint density at radius 3 is 2.14 bits per heavy atom. The van der Waals surface area contributed by atoms with Crippen LogP contribution in [0.2, 0.25) is 0 Å². The number of fused-ring (bicyclic) bond motifs is 5. The van der Waals surface area contributed by atoms with Crippen molar-refractivity contribution in [1.82, 2.24) is 35.5 Å². The number of carboxylic acids is 1. The van der Waals surface area contributed by atoms with E-state index in [4.69, 9.17) is 31.8 Å². The molecule has 6 atom stereocenters. The Kier molecular flexibility index (Phi) is 18.4. The van der Waals surface area contributed by atoms with Gasteiger partial charge in [0.05, 0.1) is 12.3 Å². The van der Waals surface area contributed by atoms with Gasteiger partial charge in [-0.05, 0) is 65.8 Å². The highest BCUT2D eigenvalue weighted by Gasteiger charge is 2.38. The number of aliphatic hydroxyl groups is 3. The molecule has 0 spiro atoms. The number of hydrogen-bond donors (Lipinski definition) is 13. The molecule has 26 heteroatoms. The van der Waals surface area contributed by atoms with Crippen molar-refractivity contribution in [2.24, 2.45) is 16.6 Å². The summed E-state index contributed by atoms with van der Waals surface area (Å²) in [6, 6.07) is 5.21. The number of phenols is 1. The number of benzene rings is 3. The maximum atomic E-state index is 14.9. The van der Waals surface area contributed by atoms with Crippen LogP contribution in [0.15, 0.2) is 48.5 Å². The number of nitrogens with one attached hydrogen (secondary N) is 4. The predicted octanol–water partition coefficient (Wildman–Crippen LogP) is -1.69. The first kappa shape index (κ1) is 56.9. The second-order valence-corrected chi connectivity index (χ2v) is 19.8. The Morgan fingerprint density at radius 2 is 1.56 bits per heavy atom. The average molecular weight is 1040 g/mol. The van der Waals surface area contributed by atoms with E-state index in [9.17, 15) is 57.9 Å². The van der Waals surface area contributed by atoms with Crippen molar-refractivity contribution in [2.75, 3.05) is 45.6 Å². The lowest BCUT2D eigenvalue weighted by atomic mass is 9.85. The first-order valence-corrected chi connectivity index (χ1v) is 24.3. The van der Waals surface area contributed by atoms with Crippen molar-refractivity contribution in [3.63, 3.8) is 0 Å². The van der Waals surface area contributed by atoms with Crippen LogP contribution >= 0.6 is 0 Å². The van der Waals surface area contributed by atoms with Gasteiger partial charge in [-0.2, -0.15) is 13.1 Å². The normalized spacial score (nSPS) is 17.5. The third kappa shape index (κ3) is 14.1. The molecule has 396 valence electrons. The summed E-state index contributed by atoms with van der Waals surface area (Å²) in [7, 11) is -3.47. The molecular formula is C47H63N11O14S. The molecule has 25 nitrogen and oxygen atoms in total. The maximum Gasteiger partial charge on any atom is 0.326 e. The van der Waals surface area contributed by atoms with Crippen LogP contribution in [0.1, 0.15) is 72.0 Å². The molecule has 5 rings (SSSR count). The van der Waals surface area contributed by atoms with E-state index >= 15 is 0 Å². The second-order valence-electron chi connectivity index (χ2n) is 18.4. The number of aliphatic hydroxyl groups excluding tert-OH is 3. The number of aliphatic carboxylic acids is 1. The van der Waals surface area contributed by atoms with Gasteiger partial charge in [0, 0.05) is 49.8 Å². The Balaban J connectivity index is 1.68. The number of likely N-dealkylation sites (N-methyl/N-ethyl adjacent to an activating group) is 1. The van der Waals surface area contributed by atoms with Crippen molar-refractivity contribution in [3.05, 3.63) is 82.0 Å². The van der Waals surface area contributed by atoms with E-state index in [0.717, 1.165) is 23.6 Å². The van der Waals surface area contributed by atoms with E-state index in [-0.39, 0.29) is 89.2 Å². The number of aromatic hydroxyl groups is 1. The molecule has 73 heavy (non-hydrogen) atoms. The number of aryl methyl sites for hydroxylation is 1. The van der Waals surface area contributed by atoms with Crippen LogP contribution in [0, 0.1) is 6.92 Å². The molecule has 0 saturated carbocycles. The van der Waals surface area contributed by atoms with E-state index in [0.29, 0.717) is 16.7 Å². The maximum absolute atomic E-state index is 14.9. The number of nitrogen functional groups attached to an aromatic ring is 1. The molecule has 1 aliphatic heterocycles. The number of carboxylic acid groups (broad SMARTS) is 1. The van der Waals surface area contributed by atoms with Crippen LogP contribution in [0.5, 0.6) is 17.2 Å². The van der Waals surface area contributed by atoms with Crippen LogP contribution in [0.4, 0.5) is 5.82 Å². The summed E-state index contributed by atoms with van der Waals surface area (Å²) < 4.78 is 38.3. The number of nitrogens with two attached hydrogens (primary N) is 4. The average Bonchev–Trinajstić information content (AvgIpc) is 3.32. The third-order valence-corrected chi connectivity index (χ3v) is 12.3. The van der Waals surface area contributed by atoms with Crippen molar-refractivity contribution in [1.29, 1.82) is 0 Å². The van der Waals surface area contributed by atoms with Crippen molar-refractivity contribution >= 4 is 45.6 Å². The number of ether oxygens (including phenoxy) is 2. The Morgan fingerprint density at radius 1 is 0.918 bits per heavy atom. The highest BCUT2D eigenvalue weighted by Crippen LogP contribution is 2.45. The number of hydrogen-bond acceptors (Lipinski definition) is 18. The Hall–Kier alpha value is -7.04. The van der Waals surface area contributed by atoms with Gasteiger partial charge < -0.3 is 73.1 Å². The van der Waals surface area contributed by atoms with Crippen molar-refractivity contribution in [3.8, 4) is 39.8 Å². The molecule has 4 aromatic rings. The standard InChI is InChI=1S/C47H63N11O14S/c1-22-37(40(50)57-41(53-22)30-9-8-27(47(3,4)5)13-26(30)19-59)43(64)56-34(18-52-73(51,69)70)45(66)58(6)38-25-14-32(39(62)36(15-25)72-21-29(61)17-49)31-11-24(7-10-35(31)71-20-28(60)16-48)12-33(46(67)68)55-42(63)23(2)54-44(38)65/h7-11,13-15,23,28-29,33-34,38,52,59-62H,12,16-21,48-49H2,1-6H3,(H,54,65)(H,55,63)(H,56,64)(H,67,68)(H2,50,53,57)(H2,51,69,70)/t23-,28+,29+,33-,34-,38-/m0/s1. The lowest BCUT2D eigenvalue weighted by Crippen LogP contribution is -2.57. The third-order valence-electron chi connectivity index (χ3n) is 11.8. The summed E-state index contributed by atoms with van der Waals surface area (Å²) in [4.78, 5) is 79.5. The van der Waals surface area contributed by atoms with Gasteiger partial charge in [0.1, 0.15) is 66.7 Å². The van der Waals surface area contributed by atoms with Gasteiger partial charge in [0.2, 0.25) is 17.7 Å². The number of rotatable bonds is 18. The smallest absolute Gasteiger partial charge is 0.326 e. The SMILES string of the molecule is Cc1nc(-c2ccc(C(C)(C)C)cc2CO)nc(N)c1C(=O)N[C@@H](CNS(N)(=O)=O)C(=O)N(C)[C@@H]1C(=O)N[C@@H](C)C(=O)N[C@H](C(=O)O)Cc2ccc(OC[C@H](O)CN)c(c2)-c2cc1cc(OC[C@H](O)CN)c2O. The minimum atomic E-state index is -4.57. The molecule has 0 unspecified atom stereocenters. The number of carbonyl (C=O) groups excluding carboxylic acids is 4. The van der Waals surface area contributed by atoms with E-state index < -0.39 is 95.1 Å². The Bertz CT molecular complexity index is 2820. The minimum Gasteiger partial charge on any atom is -0.504 e. The van der Waals surface area contributed by atoms with Crippen LogP contribution < -0.4 is 52.5 Å². The van der Waals surface area contributed by atoms with Crippen LogP contribution in [0.25, 0.3) is 22.5 Å². The fourth-order valence-corrected chi connectivity index (χ4v) is 8.10. The fourth-order valence-electron chi connectivity index (χ4n) is 7.70. The number of aromatic nitrogens is 2. The second kappa shape index (κ2) is 23.7. The first-order chi connectivity index (χ1) is 34.2. The van der Waals surface area contributed by atoms with Gasteiger partial charge in [-0.1, -0.05) is 45.0 Å². The van der Waals surface area contributed by atoms with E-state index in [1.54, 1.807) is 12.1 Å². The molecule has 4 amide bonds. The summed E-state index contributed by atoms with van der Waals surface area (Å²) in [5.74, 6) is -7.03. The minimum absolute atomic E-state index is 0.00518. The summed E-state index contributed by atoms with van der Waals surface area (Å²) in [5.41, 5.74) is 18.9. The lowest BCUT2D eigenvalue weighted by molar-refractivity contribution is -0.143. The molecule has 3 aromatic carbocycles. The summed E-state index contributed by atoms with van der Waals surface area (Å²) >= 11 is 0. The number of carbonyl (C=O) groups is 5. The number of anilines is 1. The highest BCUT2D eigenvalue weighted by atomic mass is 32.2. The number of amides is 4. The summed E-state index contributed by atoms with van der Waals surface area (Å²) in [6.07, 6.45) is -2.75. The molecule has 1 aromatic heterocycles. The molecule has 4 bridgehead atoms. The van der Waals surface area contributed by atoms with Crippen LogP contribution in [-0.2, 0) is 47.8 Å². The zero-order chi connectivity index (χ0) is 54.3. The van der Waals surface area contributed by atoms with Crippen LogP contribution in [-0.4, -0.2) is 149 Å². The quantitative estimate of drug-likeness (QED) is 0.0529. The molecule has 0 saturated heterocycles. The van der Waals surface area contributed by atoms with E-state index in [1.807, 2.05) is 31.6 Å². The summed E-state index contributed by atoms with van der Waals surface area (Å²) in [6.45, 7) is 6.03. The topological polar surface area (TPSA) is 420 Å². The molecule has 17 N–H and O–H groups in total. The number of phenolic OH excluding ortho intramolecular Hbond substituents is 1. The van der Waals surface area contributed by atoms with Gasteiger partial charge in [-0.25, -0.2) is 19.9 Å². The Labute approximate surface area is 420 Å². The van der Waals surface area contributed by atoms with Gasteiger partial charge in [0.15, 0.2) is 17.3 Å². The van der Waals surface area contributed by atoms with E-state index in [1.165, 1.54) is 38.1 Å². The fraction of sp³-hybridized carbons (Fsp3) is 0.426. The molecule has 2 heterocycles. The first-order valence-electron chi connectivity index (χ1n) is 22.8. The van der Waals surface area contributed by atoms with Gasteiger partial charge in [-0.15, -0.1) is 0 Å². The highest BCUT2D eigenvalue weighted by molar-refractivity contribution is 7.87. The monoisotopic (exact) mass is 1040 g/mol. The predicted molar refractivity (Wildman–Crippen MR) is 265 cm³/mol. The zero-order valence-corrected chi connectivity index (χ0v) is 41.8.